The summed E-state index contributed by atoms with van der Waals surface area (Å²) < 4.78 is 0. The molecule has 0 saturated carbocycles. The molecule has 0 aliphatic rings. The molecule has 0 rings (SSSR count). The third kappa shape index (κ3) is 4.34. The summed E-state index contributed by atoms with van der Waals surface area (Å²) in [6, 6.07) is 2.20. The largest absolute Gasteiger partial charge is 0.305 e. The Bertz CT molecular complexity index is 127. The van der Waals surface area contributed by atoms with Crippen molar-refractivity contribution in [1.82, 2.24) is 5.32 Å². The first-order valence-corrected chi connectivity index (χ1v) is 3.56. The fraction of sp³-hybridized carbons (Fsp3) is 0.875. The Labute approximate surface area is 63.2 Å². The maximum absolute atomic E-state index is 8.58. The van der Waals surface area contributed by atoms with Gasteiger partial charge in [0.05, 0.1) is 12.1 Å². The summed E-state index contributed by atoms with van der Waals surface area (Å²) >= 11 is 0. The number of nitriles is 1. The molecular formula is C8H16N2. The van der Waals surface area contributed by atoms with Gasteiger partial charge in [0.25, 0.3) is 0 Å². The predicted octanol–water partition coefficient (Wildman–Crippen LogP) is 1.53. The van der Waals surface area contributed by atoms with Crippen LogP contribution >= 0.6 is 0 Å². The molecule has 0 aromatic carbocycles. The second kappa shape index (κ2) is 3.58. The van der Waals surface area contributed by atoms with Crippen LogP contribution in [0.25, 0.3) is 0 Å². The highest BCUT2D eigenvalue weighted by Crippen LogP contribution is 2.19. The van der Waals surface area contributed by atoms with Crippen LogP contribution in [0.5, 0.6) is 0 Å². The van der Waals surface area contributed by atoms with E-state index in [-0.39, 0.29) is 11.5 Å². The molecule has 0 radical (unpaired) electrons. The molecule has 1 atom stereocenters. The highest BCUT2D eigenvalue weighted by molar-refractivity contribution is 4.91. The predicted molar refractivity (Wildman–Crippen MR) is 42.5 cm³/mol. The lowest BCUT2D eigenvalue weighted by Gasteiger charge is -2.20. The monoisotopic (exact) mass is 140 g/mol. The molecular weight excluding hydrogens is 124 g/mol. The van der Waals surface area contributed by atoms with Crippen LogP contribution in [0, 0.1) is 16.7 Å². The van der Waals surface area contributed by atoms with Crippen LogP contribution in [0.2, 0.25) is 0 Å². The molecule has 58 valence electrons. The minimum atomic E-state index is -0.000000000000000444. The van der Waals surface area contributed by atoms with Gasteiger partial charge < -0.3 is 5.32 Å². The minimum absolute atomic E-state index is 0.000000000000000444. The molecule has 0 aromatic heterocycles. The van der Waals surface area contributed by atoms with Gasteiger partial charge in [-0.25, -0.2) is 0 Å². The lowest BCUT2D eigenvalue weighted by atomic mass is 9.89. The summed E-state index contributed by atoms with van der Waals surface area (Å²) in [6.45, 7) is 6.40. The van der Waals surface area contributed by atoms with E-state index < -0.39 is 0 Å². The van der Waals surface area contributed by atoms with Gasteiger partial charge in [-0.2, -0.15) is 5.26 Å². The summed E-state index contributed by atoms with van der Waals surface area (Å²) in [5, 5.41) is 11.5. The first-order chi connectivity index (χ1) is 4.49. The van der Waals surface area contributed by atoms with E-state index in [4.69, 9.17) is 5.26 Å². The van der Waals surface area contributed by atoms with Crippen molar-refractivity contribution in [3.05, 3.63) is 0 Å². The average Bonchev–Trinajstić information content (AvgIpc) is 1.81. The fourth-order valence-corrected chi connectivity index (χ4v) is 0.825. The Balaban J connectivity index is 3.78. The number of hydrogen-bond acceptors (Lipinski definition) is 2. The summed E-state index contributed by atoms with van der Waals surface area (Å²) in [6.07, 6.45) is 0.903. The number of nitrogens with zero attached hydrogens (tertiary/aromatic N) is 1. The molecule has 0 saturated heterocycles. The van der Waals surface area contributed by atoms with E-state index in [0.29, 0.717) is 0 Å². The molecule has 1 N–H and O–H groups in total. The van der Waals surface area contributed by atoms with Gasteiger partial charge in [0, 0.05) is 0 Å². The average molecular weight is 140 g/mol. The van der Waals surface area contributed by atoms with Gasteiger partial charge in [-0.3, -0.25) is 0 Å². The second-order valence-corrected chi connectivity index (χ2v) is 3.74. The Kier molecular flexibility index (Phi) is 3.38. The van der Waals surface area contributed by atoms with Crippen molar-refractivity contribution in [1.29, 1.82) is 5.26 Å². The van der Waals surface area contributed by atoms with Crippen LogP contribution in [-0.4, -0.2) is 13.1 Å². The van der Waals surface area contributed by atoms with Gasteiger partial charge in [-0.1, -0.05) is 20.8 Å². The van der Waals surface area contributed by atoms with Crippen LogP contribution in [0.15, 0.2) is 0 Å². The van der Waals surface area contributed by atoms with Gasteiger partial charge in [-0.05, 0) is 18.9 Å². The SMILES string of the molecule is CNC(C#N)CC(C)(C)C. The van der Waals surface area contributed by atoms with Crippen LogP contribution in [0.4, 0.5) is 0 Å². The third-order valence-corrected chi connectivity index (χ3v) is 1.32. The molecule has 0 aliphatic heterocycles. The van der Waals surface area contributed by atoms with E-state index in [1.807, 2.05) is 7.05 Å². The molecule has 0 amide bonds. The molecule has 0 aliphatic carbocycles. The molecule has 2 nitrogen and oxygen atoms in total. The zero-order chi connectivity index (χ0) is 8.20. The second-order valence-electron chi connectivity index (χ2n) is 3.74. The lowest BCUT2D eigenvalue weighted by Crippen LogP contribution is -2.28. The van der Waals surface area contributed by atoms with Crippen LogP contribution in [-0.2, 0) is 0 Å². The molecule has 2 heteroatoms. The van der Waals surface area contributed by atoms with Crippen molar-refractivity contribution in [2.75, 3.05) is 7.05 Å². The van der Waals surface area contributed by atoms with E-state index >= 15 is 0 Å². The minimum Gasteiger partial charge on any atom is -0.305 e. The zero-order valence-corrected chi connectivity index (χ0v) is 7.23. The van der Waals surface area contributed by atoms with E-state index in [9.17, 15) is 0 Å². The van der Waals surface area contributed by atoms with Crippen molar-refractivity contribution in [2.24, 2.45) is 5.41 Å². The zero-order valence-electron chi connectivity index (χ0n) is 7.23. The summed E-state index contributed by atoms with van der Waals surface area (Å²) in [7, 11) is 1.82. The first kappa shape index (κ1) is 9.45. The number of hydrogen-bond donors (Lipinski definition) is 1. The third-order valence-electron chi connectivity index (χ3n) is 1.32. The van der Waals surface area contributed by atoms with E-state index in [0.717, 1.165) is 6.42 Å². The maximum Gasteiger partial charge on any atom is 0.0955 e. The molecule has 0 fully saturated rings. The number of nitrogens with one attached hydrogen (secondary N) is 1. The van der Waals surface area contributed by atoms with Gasteiger partial charge in [0.1, 0.15) is 0 Å². The Morgan fingerprint density at radius 2 is 2.00 bits per heavy atom. The molecule has 0 spiro atoms. The summed E-state index contributed by atoms with van der Waals surface area (Å²) in [5.41, 5.74) is 0.239. The Morgan fingerprint density at radius 3 is 2.10 bits per heavy atom. The van der Waals surface area contributed by atoms with Crippen molar-refractivity contribution in [2.45, 2.75) is 33.2 Å². The van der Waals surface area contributed by atoms with Gasteiger partial charge in [0.15, 0.2) is 0 Å². The Morgan fingerprint density at radius 1 is 1.50 bits per heavy atom. The van der Waals surface area contributed by atoms with Crippen LogP contribution in [0.3, 0.4) is 0 Å². The Hall–Kier alpha value is -0.550. The molecule has 0 bridgehead atoms. The molecule has 10 heavy (non-hydrogen) atoms. The standard InChI is InChI=1S/C8H16N2/c1-8(2,3)5-7(6-9)10-4/h7,10H,5H2,1-4H3. The van der Waals surface area contributed by atoms with E-state index in [1.165, 1.54) is 0 Å². The highest BCUT2D eigenvalue weighted by Gasteiger charge is 2.16. The normalized spacial score (nSPS) is 14.3. The smallest absolute Gasteiger partial charge is 0.0955 e. The van der Waals surface area contributed by atoms with Crippen molar-refractivity contribution < 1.29 is 0 Å². The molecule has 0 aromatic rings. The molecule has 1 unspecified atom stereocenters. The van der Waals surface area contributed by atoms with Crippen LogP contribution < -0.4 is 5.32 Å². The van der Waals surface area contributed by atoms with Gasteiger partial charge in [-0.15, -0.1) is 0 Å². The number of rotatable bonds is 2. The first-order valence-electron chi connectivity index (χ1n) is 3.56. The van der Waals surface area contributed by atoms with Crippen molar-refractivity contribution in [3.63, 3.8) is 0 Å². The molecule has 0 heterocycles. The van der Waals surface area contributed by atoms with Crippen LogP contribution in [0.1, 0.15) is 27.2 Å². The quantitative estimate of drug-likeness (QED) is 0.631. The van der Waals surface area contributed by atoms with Crippen molar-refractivity contribution in [3.8, 4) is 6.07 Å². The van der Waals surface area contributed by atoms with E-state index in [2.05, 4.69) is 32.2 Å². The maximum atomic E-state index is 8.58. The van der Waals surface area contributed by atoms with Crippen molar-refractivity contribution >= 4 is 0 Å². The highest BCUT2D eigenvalue weighted by atomic mass is 14.9. The lowest BCUT2D eigenvalue weighted by molar-refractivity contribution is 0.346. The van der Waals surface area contributed by atoms with Gasteiger partial charge >= 0.3 is 0 Å². The summed E-state index contributed by atoms with van der Waals surface area (Å²) in [4.78, 5) is 0. The van der Waals surface area contributed by atoms with E-state index in [1.54, 1.807) is 0 Å². The fourth-order valence-electron chi connectivity index (χ4n) is 0.825. The van der Waals surface area contributed by atoms with Gasteiger partial charge in [0.2, 0.25) is 0 Å². The topological polar surface area (TPSA) is 35.8 Å². The summed E-state index contributed by atoms with van der Waals surface area (Å²) in [5.74, 6) is 0.